The van der Waals surface area contributed by atoms with Crippen LogP contribution in [0.4, 0.5) is 0 Å². The number of esters is 2. The number of carboxylic acids is 2. The molecule has 7 nitrogen and oxygen atoms in total. The fourth-order valence-electron chi connectivity index (χ4n) is 2.23. The third-order valence-corrected chi connectivity index (χ3v) is 3.02. The highest BCUT2D eigenvalue weighted by molar-refractivity contribution is 6.19. The van der Waals surface area contributed by atoms with Gasteiger partial charge in [-0.15, -0.1) is 0 Å². The van der Waals surface area contributed by atoms with Gasteiger partial charge in [-0.3, -0.25) is 0 Å². The van der Waals surface area contributed by atoms with Crippen molar-refractivity contribution in [3.63, 3.8) is 0 Å². The first-order valence-corrected chi connectivity index (χ1v) is 5.17. The Kier molecular flexibility index (Phi) is 2.62. The molecule has 0 amide bonds. The van der Waals surface area contributed by atoms with E-state index in [-0.39, 0.29) is 22.3 Å². The largest absolute Gasteiger partial charge is 0.478 e. The Hall–Kier alpha value is -2.70. The predicted molar refractivity (Wildman–Crippen MR) is 59.6 cm³/mol. The Morgan fingerprint density at radius 1 is 0.842 bits per heavy atom. The Bertz CT molecular complexity index is 612. The van der Waals surface area contributed by atoms with Gasteiger partial charge in [0.2, 0.25) is 0 Å². The Morgan fingerprint density at radius 3 is 1.42 bits per heavy atom. The van der Waals surface area contributed by atoms with E-state index in [1.807, 2.05) is 0 Å². The van der Waals surface area contributed by atoms with Gasteiger partial charge in [0.1, 0.15) is 0 Å². The molecule has 1 aromatic carbocycles. The molecule has 0 aromatic heterocycles. The summed E-state index contributed by atoms with van der Waals surface area (Å²) in [5.74, 6) is -4.87. The lowest BCUT2D eigenvalue weighted by molar-refractivity contribution is 0.0442. The van der Waals surface area contributed by atoms with Crippen molar-refractivity contribution in [3.8, 4) is 0 Å². The van der Waals surface area contributed by atoms with Crippen LogP contribution in [0.25, 0.3) is 0 Å². The molecule has 19 heavy (non-hydrogen) atoms. The summed E-state index contributed by atoms with van der Waals surface area (Å²) in [5, 5.41) is 18.2. The molecule has 1 aliphatic rings. The van der Waals surface area contributed by atoms with Crippen LogP contribution in [0.2, 0.25) is 0 Å². The first-order chi connectivity index (χ1) is 8.77. The van der Waals surface area contributed by atoms with E-state index in [0.717, 1.165) is 0 Å². The summed E-state index contributed by atoms with van der Waals surface area (Å²) in [6.07, 6.45) is 0. The Balaban J connectivity index is 3.01. The van der Waals surface area contributed by atoms with Crippen molar-refractivity contribution in [2.45, 2.75) is 13.8 Å². The molecule has 1 heterocycles. The summed E-state index contributed by atoms with van der Waals surface area (Å²) in [4.78, 5) is 45.4. The van der Waals surface area contributed by atoms with E-state index in [1.54, 1.807) is 0 Å². The molecule has 0 fully saturated rings. The summed E-state index contributed by atoms with van der Waals surface area (Å²) < 4.78 is 4.40. The van der Waals surface area contributed by atoms with Crippen molar-refractivity contribution in [2.75, 3.05) is 0 Å². The number of rotatable bonds is 2. The van der Waals surface area contributed by atoms with E-state index in [1.165, 1.54) is 13.8 Å². The standard InChI is InChI=1S/C12H8O7/c1-3-5(9(13)14)6(10(15)16)4(2)8-7(3)11(17)19-12(8)18/h1-2H3,(H,13,14)(H,15,16). The lowest BCUT2D eigenvalue weighted by Crippen LogP contribution is -2.16. The first kappa shape index (κ1) is 12.7. The zero-order valence-corrected chi connectivity index (χ0v) is 9.94. The second kappa shape index (κ2) is 3.91. The van der Waals surface area contributed by atoms with Crippen LogP contribution in [0.3, 0.4) is 0 Å². The molecule has 0 bridgehead atoms. The SMILES string of the molecule is Cc1c(C(=O)O)c(C(=O)O)c(C)c2c1C(=O)OC2=O. The molecule has 0 unspecified atom stereocenters. The predicted octanol–water partition coefficient (Wildman–Crippen LogP) is 1.01. The van der Waals surface area contributed by atoms with Crippen molar-refractivity contribution in [2.24, 2.45) is 0 Å². The van der Waals surface area contributed by atoms with E-state index in [9.17, 15) is 19.2 Å². The fraction of sp³-hybridized carbons (Fsp3) is 0.167. The molecule has 98 valence electrons. The molecule has 1 aliphatic heterocycles. The van der Waals surface area contributed by atoms with Crippen LogP contribution in [0.1, 0.15) is 52.6 Å². The van der Waals surface area contributed by atoms with Crippen LogP contribution in [0.5, 0.6) is 0 Å². The number of carbonyl (C=O) groups excluding carboxylic acids is 2. The Morgan fingerprint density at radius 2 is 1.16 bits per heavy atom. The second-order valence-electron chi connectivity index (χ2n) is 4.04. The van der Waals surface area contributed by atoms with Crippen LogP contribution in [-0.4, -0.2) is 34.1 Å². The molecular weight excluding hydrogens is 256 g/mol. The number of carboxylic acid groups (broad SMARTS) is 2. The third kappa shape index (κ3) is 1.59. The van der Waals surface area contributed by atoms with Gasteiger partial charge in [-0.25, -0.2) is 19.2 Å². The van der Waals surface area contributed by atoms with Crippen molar-refractivity contribution in [1.82, 2.24) is 0 Å². The van der Waals surface area contributed by atoms with Gasteiger partial charge < -0.3 is 14.9 Å². The number of ether oxygens (including phenoxy) is 1. The Labute approximate surface area is 106 Å². The number of cyclic esters (lactones) is 2. The molecule has 0 radical (unpaired) electrons. The molecule has 0 aliphatic carbocycles. The van der Waals surface area contributed by atoms with Crippen LogP contribution < -0.4 is 0 Å². The third-order valence-electron chi connectivity index (χ3n) is 3.02. The smallest absolute Gasteiger partial charge is 0.347 e. The second-order valence-corrected chi connectivity index (χ2v) is 4.04. The van der Waals surface area contributed by atoms with Crippen molar-refractivity contribution in [3.05, 3.63) is 33.4 Å². The minimum absolute atomic E-state index is 0.0821. The zero-order valence-electron chi connectivity index (χ0n) is 9.94. The number of aromatic carboxylic acids is 2. The van der Waals surface area contributed by atoms with Gasteiger partial charge in [0.05, 0.1) is 22.3 Å². The van der Waals surface area contributed by atoms with Crippen LogP contribution in [0, 0.1) is 13.8 Å². The summed E-state index contributed by atoms with van der Waals surface area (Å²) >= 11 is 0. The van der Waals surface area contributed by atoms with E-state index in [0.29, 0.717) is 0 Å². The van der Waals surface area contributed by atoms with Crippen molar-refractivity contribution in [1.29, 1.82) is 0 Å². The zero-order chi connectivity index (χ0) is 14.5. The van der Waals surface area contributed by atoms with Crippen molar-refractivity contribution >= 4 is 23.9 Å². The van der Waals surface area contributed by atoms with Crippen LogP contribution in [-0.2, 0) is 4.74 Å². The summed E-state index contributed by atoms with van der Waals surface area (Å²) in [7, 11) is 0. The highest BCUT2D eigenvalue weighted by atomic mass is 16.6. The molecule has 0 spiro atoms. The molecule has 7 heteroatoms. The lowest BCUT2D eigenvalue weighted by atomic mass is 9.88. The molecule has 0 saturated heterocycles. The summed E-state index contributed by atoms with van der Waals surface area (Å²) in [6, 6.07) is 0. The maximum atomic E-state index is 11.5. The number of carbonyl (C=O) groups is 4. The minimum Gasteiger partial charge on any atom is -0.478 e. The molecule has 2 rings (SSSR count). The number of hydrogen-bond acceptors (Lipinski definition) is 5. The van der Waals surface area contributed by atoms with Gasteiger partial charge in [-0.05, 0) is 25.0 Å². The number of fused-ring (bicyclic) bond motifs is 1. The lowest BCUT2D eigenvalue weighted by Gasteiger charge is -2.12. The van der Waals surface area contributed by atoms with Gasteiger partial charge in [-0.1, -0.05) is 0 Å². The van der Waals surface area contributed by atoms with Crippen LogP contribution in [0.15, 0.2) is 0 Å². The average molecular weight is 264 g/mol. The topological polar surface area (TPSA) is 118 Å². The van der Waals surface area contributed by atoms with Gasteiger partial charge in [0, 0.05) is 0 Å². The van der Waals surface area contributed by atoms with Gasteiger partial charge in [-0.2, -0.15) is 0 Å². The molecule has 0 saturated carbocycles. The molecule has 2 N–H and O–H groups in total. The average Bonchev–Trinajstić information content (AvgIpc) is 2.58. The van der Waals surface area contributed by atoms with Crippen molar-refractivity contribution < 1.29 is 34.1 Å². The van der Waals surface area contributed by atoms with Crippen LogP contribution >= 0.6 is 0 Å². The van der Waals surface area contributed by atoms with Gasteiger partial charge >= 0.3 is 23.9 Å². The molecule has 1 aromatic rings. The quantitative estimate of drug-likeness (QED) is 0.604. The molecule has 0 atom stereocenters. The fourth-order valence-corrected chi connectivity index (χ4v) is 2.23. The number of hydrogen-bond donors (Lipinski definition) is 2. The van der Waals surface area contributed by atoms with E-state index in [2.05, 4.69) is 4.74 Å². The number of benzene rings is 1. The minimum atomic E-state index is -1.48. The highest BCUT2D eigenvalue weighted by Crippen LogP contribution is 2.32. The normalized spacial score (nSPS) is 13.2. The summed E-state index contributed by atoms with van der Waals surface area (Å²) in [5.41, 5.74) is -1.52. The molecular formula is C12H8O7. The van der Waals surface area contributed by atoms with Gasteiger partial charge in [0.25, 0.3) is 0 Å². The first-order valence-electron chi connectivity index (χ1n) is 5.17. The van der Waals surface area contributed by atoms with E-state index < -0.39 is 35.0 Å². The summed E-state index contributed by atoms with van der Waals surface area (Å²) in [6.45, 7) is 2.54. The van der Waals surface area contributed by atoms with E-state index in [4.69, 9.17) is 10.2 Å². The van der Waals surface area contributed by atoms with Gasteiger partial charge in [0.15, 0.2) is 0 Å². The highest BCUT2D eigenvalue weighted by Gasteiger charge is 2.38. The maximum absolute atomic E-state index is 11.5. The maximum Gasteiger partial charge on any atom is 0.347 e. The van der Waals surface area contributed by atoms with E-state index >= 15 is 0 Å². The monoisotopic (exact) mass is 264 g/mol.